The van der Waals surface area contributed by atoms with Crippen molar-refractivity contribution in [3.8, 4) is 17.0 Å². The van der Waals surface area contributed by atoms with Gasteiger partial charge in [0.2, 0.25) is 0 Å². The molecule has 0 saturated carbocycles. The van der Waals surface area contributed by atoms with Gasteiger partial charge in [-0.1, -0.05) is 41.9 Å². The average Bonchev–Trinajstić information content (AvgIpc) is 3.42. The summed E-state index contributed by atoms with van der Waals surface area (Å²) in [5.74, 6) is 0.588. The lowest BCUT2D eigenvalue weighted by Gasteiger charge is -2.32. The highest BCUT2D eigenvalue weighted by Gasteiger charge is 2.26. The topological polar surface area (TPSA) is 107 Å². The summed E-state index contributed by atoms with van der Waals surface area (Å²) < 4.78 is 19.4. The van der Waals surface area contributed by atoms with Crippen LogP contribution >= 0.6 is 11.6 Å². The normalized spacial score (nSPS) is 14.8. The third-order valence-corrected chi connectivity index (χ3v) is 6.71. The molecule has 1 fully saturated rings. The van der Waals surface area contributed by atoms with E-state index in [0.717, 1.165) is 16.8 Å². The summed E-state index contributed by atoms with van der Waals surface area (Å²) in [4.78, 5) is 31.1. The molecular weight excluding hydrogens is 546 g/mol. The van der Waals surface area contributed by atoms with Crippen LogP contribution in [0.4, 0.5) is 21.0 Å². The molecule has 11 heteroatoms. The molecule has 0 bridgehead atoms. The maximum Gasteiger partial charge on any atom is 0.410 e. The summed E-state index contributed by atoms with van der Waals surface area (Å²) in [5.41, 5.74) is 3.66. The highest BCUT2D eigenvalue weighted by molar-refractivity contribution is 6.30. The molecular formula is C30H30ClN5O5. The van der Waals surface area contributed by atoms with Crippen LogP contribution in [0.2, 0.25) is 5.02 Å². The molecule has 4 aromatic rings. The maximum absolute atomic E-state index is 12.6. The van der Waals surface area contributed by atoms with Gasteiger partial charge in [-0.2, -0.15) is 0 Å². The molecule has 10 nitrogen and oxygen atoms in total. The fourth-order valence-corrected chi connectivity index (χ4v) is 4.48. The van der Waals surface area contributed by atoms with Crippen molar-refractivity contribution in [1.82, 2.24) is 14.5 Å². The Labute approximate surface area is 242 Å². The van der Waals surface area contributed by atoms with Crippen LogP contribution in [-0.2, 0) is 23.1 Å². The van der Waals surface area contributed by atoms with Gasteiger partial charge in [0.1, 0.15) is 25.1 Å². The number of ether oxygens (including phenoxy) is 3. The van der Waals surface area contributed by atoms with Crippen LogP contribution in [0.15, 0.2) is 85.3 Å². The first-order chi connectivity index (χ1) is 19.9. The molecule has 1 aromatic heterocycles. The number of hydrogen-bond donors (Lipinski definition) is 2. The van der Waals surface area contributed by atoms with Crippen LogP contribution in [0.3, 0.4) is 0 Å². The van der Waals surface area contributed by atoms with E-state index in [2.05, 4.69) is 15.6 Å². The number of halogens is 1. The monoisotopic (exact) mass is 575 g/mol. The third kappa shape index (κ3) is 7.56. The number of amides is 3. The number of aryl methyl sites for hydroxylation is 1. The third-order valence-electron chi connectivity index (χ3n) is 6.46. The highest BCUT2D eigenvalue weighted by Crippen LogP contribution is 2.33. The minimum atomic E-state index is -0.396. The van der Waals surface area contributed by atoms with E-state index in [9.17, 15) is 9.59 Å². The Morgan fingerprint density at radius 3 is 2.56 bits per heavy atom. The van der Waals surface area contributed by atoms with Gasteiger partial charge < -0.3 is 34.3 Å². The molecule has 212 valence electrons. The van der Waals surface area contributed by atoms with E-state index in [0.29, 0.717) is 41.8 Å². The molecule has 2 heterocycles. The number of hydrogen-bond acceptors (Lipinski definition) is 6. The molecule has 3 amide bonds. The molecule has 1 atom stereocenters. The van der Waals surface area contributed by atoms with Crippen molar-refractivity contribution in [2.75, 3.05) is 36.9 Å². The molecule has 0 aliphatic carbocycles. The van der Waals surface area contributed by atoms with E-state index in [4.69, 9.17) is 25.8 Å². The number of nitrogens with zero attached hydrogens (tertiary/aromatic N) is 3. The van der Waals surface area contributed by atoms with E-state index < -0.39 is 6.03 Å². The highest BCUT2D eigenvalue weighted by atomic mass is 35.5. The van der Waals surface area contributed by atoms with E-state index >= 15 is 0 Å². The molecule has 1 aliphatic heterocycles. The van der Waals surface area contributed by atoms with Gasteiger partial charge in [0.25, 0.3) is 0 Å². The van der Waals surface area contributed by atoms with Crippen molar-refractivity contribution in [2.24, 2.45) is 7.05 Å². The van der Waals surface area contributed by atoms with Crippen molar-refractivity contribution in [2.45, 2.75) is 12.7 Å². The summed E-state index contributed by atoms with van der Waals surface area (Å²) in [6, 6.07) is 21.4. The minimum absolute atomic E-state index is 0.213. The zero-order valence-electron chi connectivity index (χ0n) is 22.5. The zero-order valence-corrected chi connectivity index (χ0v) is 23.2. The van der Waals surface area contributed by atoms with Crippen LogP contribution in [0.1, 0.15) is 5.56 Å². The molecule has 1 unspecified atom stereocenters. The average molecular weight is 576 g/mol. The Hall–Kier alpha value is -4.54. The minimum Gasteiger partial charge on any atom is -0.490 e. The van der Waals surface area contributed by atoms with Crippen molar-refractivity contribution >= 4 is 35.1 Å². The fraction of sp³-hybridized carbons (Fsp3) is 0.233. The van der Waals surface area contributed by atoms with Crippen LogP contribution in [-0.4, -0.2) is 59.0 Å². The predicted molar refractivity (Wildman–Crippen MR) is 156 cm³/mol. The number of nitrogens with one attached hydrogen (secondary N) is 2. The Bertz CT molecular complexity index is 1480. The second-order valence-electron chi connectivity index (χ2n) is 9.48. The first-order valence-electron chi connectivity index (χ1n) is 13.1. The quantitative estimate of drug-likeness (QED) is 0.275. The van der Waals surface area contributed by atoms with E-state index in [1.165, 1.54) is 0 Å². The van der Waals surface area contributed by atoms with Crippen molar-refractivity contribution in [3.05, 3.63) is 95.9 Å². The Morgan fingerprint density at radius 2 is 1.80 bits per heavy atom. The second-order valence-corrected chi connectivity index (χ2v) is 9.91. The van der Waals surface area contributed by atoms with Crippen molar-refractivity contribution in [1.29, 1.82) is 0 Å². The lowest BCUT2D eigenvalue weighted by molar-refractivity contribution is -0.0458. The smallest absolute Gasteiger partial charge is 0.410 e. The van der Waals surface area contributed by atoms with Gasteiger partial charge in [-0.05, 0) is 48.0 Å². The summed E-state index contributed by atoms with van der Waals surface area (Å²) in [6.45, 7) is 1.61. The summed E-state index contributed by atoms with van der Waals surface area (Å²) in [5, 5.41) is 6.22. The molecule has 5 rings (SSSR count). The lowest BCUT2D eigenvalue weighted by atomic mass is 10.1. The largest absolute Gasteiger partial charge is 0.490 e. The number of rotatable bonds is 8. The summed E-state index contributed by atoms with van der Waals surface area (Å²) >= 11 is 5.92. The Morgan fingerprint density at radius 1 is 1.05 bits per heavy atom. The molecule has 1 aliphatic rings. The van der Waals surface area contributed by atoms with Crippen LogP contribution in [0, 0.1) is 0 Å². The van der Waals surface area contributed by atoms with Gasteiger partial charge in [-0.3, -0.25) is 0 Å². The summed E-state index contributed by atoms with van der Waals surface area (Å²) in [6.07, 6.45) is 2.69. The second kappa shape index (κ2) is 13.2. The number of carbonyl (C=O) groups is 2. The number of imidazole rings is 1. The molecule has 0 radical (unpaired) electrons. The SMILES string of the molecule is Cn1cncc1-c1cc(NC(=O)Nc2ccc(Cl)cc2)ccc1OCC1CN(C(=O)OCc2ccccc2)CCO1. The van der Waals surface area contributed by atoms with E-state index in [1.807, 2.05) is 48.0 Å². The number of carbonyl (C=O) groups excluding carboxylic acids is 2. The molecule has 1 saturated heterocycles. The van der Waals surface area contributed by atoms with Crippen LogP contribution in [0.5, 0.6) is 5.75 Å². The number of aromatic nitrogens is 2. The van der Waals surface area contributed by atoms with Gasteiger partial charge in [0.15, 0.2) is 0 Å². The number of benzene rings is 3. The standard InChI is InChI=1S/C30H30ClN5O5/c1-35-20-32-16-27(35)26-15-24(34-29(37)33-23-9-7-22(31)8-10-23)11-12-28(26)40-19-25-17-36(13-14-39-25)30(38)41-18-21-5-3-2-4-6-21/h2-12,15-16,20,25H,13-14,17-19H2,1H3,(H2,33,34,37). The number of urea groups is 1. The summed E-state index contributed by atoms with van der Waals surface area (Å²) in [7, 11) is 1.88. The van der Waals surface area contributed by atoms with Gasteiger partial charge in [0.05, 0.1) is 31.4 Å². The number of morpholine rings is 1. The number of anilines is 2. The lowest BCUT2D eigenvalue weighted by Crippen LogP contribution is -2.47. The molecule has 41 heavy (non-hydrogen) atoms. The van der Waals surface area contributed by atoms with Gasteiger partial charge in [-0.25, -0.2) is 14.6 Å². The molecule has 2 N–H and O–H groups in total. The Balaban J connectivity index is 1.22. The predicted octanol–water partition coefficient (Wildman–Crippen LogP) is 5.80. The van der Waals surface area contributed by atoms with Crippen LogP contribution in [0.25, 0.3) is 11.3 Å². The fourth-order valence-electron chi connectivity index (χ4n) is 4.36. The van der Waals surface area contributed by atoms with Gasteiger partial charge >= 0.3 is 12.1 Å². The van der Waals surface area contributed by atoms with Crippen molar-refractivity contribution in [3.63, 3.8) is 0 Å². The van der Waals surface area contributed by atoms with Gasteiger partial charge in [-0.15, -0.1) is 0 Å². The zero-order chi connectivity index (χ0) is 28.6. The van der Waals surface area contributed by atoms with E-state index in [-0.39, 0.29) is 25.4 Å². The molecule has 0 spiro atoms. The first-order valence-corrected chi connectivity index (χ1v) is 13.5. The van der Waals surface area contributed by atoms with Crippen molar-refractivity contribution < 1.29 is 23.8 Å². The van der Waals surface area contributed by atoms with Gasteiger partial charge in [0, 0.05) is 35.6 Å². The first kappa shape index (κ1) is 28.0. The Kier molecular flexibility index (Phi) is 9.02. The van der Waals surface area contributed by atoms with Crippen LogP contribution < -0.4 is 15.4 Å². The van der Waals surface area contributed by atoms with E-state index in [1.54, 1.807) is 53.8 Å². The maximum atomic E-state index is 12.6. The molecule has 3 aromatic carbocycles.